The number of rotatable bonds is 3. The van der Waals surface area contributed by atoms with E-state index in [9.17, 15) is 9.18 Å². The van der Waals surface area contributed by atoms with E-state index in [2.05, 4.69) is 5.32 Å². The van der Waals surface area contributed by atoms with Crippen molar-refractivity contribution in [1.29, 1.82) is 0 Å². The lowest BCUT2D eigenvalue weighted by atomic mass is 9.99. The SMILES string of the molecule is O=C(NC1c2ccccc2OCC1F)OCc1ccccc1. The number of fused-ring (bicyclic) bond motifs is 1. The lowest BCUT2D eigenvalue weighted by Gasteiger charge is -2.29. The Morgan fingerprint density at radius 1 is 1.18 bits per heavy atom. The minimum absolute atomic E-state index is 0.0827. The van der Waals surface area contributed by atoms with E-state index in [0.29, 0.717) is 11.3 Å². The lowest BCUT2D eigenvalue weighted by Crippen LogP contribution is -2.40. The van der Waals surface area contributed by atoms with E-state index in [1.807, 2.05) is 36.4 Å². The second kappa shape index (κ2) is 6.47. The maximum absolute atomic E-state index is 14.1. The zero-order chi connectivity index (χ0) is 15.4. The molecule has 0 saturated heterocycles. The van der Waals surface area contributed by atoms with Crippen LogP contribution in [-0.4, -0.2) is 18.9 Å². The molecule has 1 heterocycles. The molecular weight excluding hydrogens is 285 g/mol. The van der Waals surface area contributed by atoms with Crippen LogP contribution in [0.5, 0.6) is 5.75 Å². The number of amides is 1. The number of benzene rings is 2. The van der Waals surface area contributed by atoms with Crippen LogP contribution in [-0.2, 0) is 11.3 Å². The Hall–Kier alpha value is -2.56. The third-order valence-electron chi connectivity index (χ3n) is 3.50. The summed E-state index contributed by atoms with van der Waals surface area (Å²) < 4.78 is 24.5. The summed E-state index contributed by atoms with van der Waals surface area (Å²) in [7, 11) is 0. The molecule has 5 heteroatoms. The van der Waals surface area contributed by atoms with Gasteiger partial charge in [-0.1, -0.05) is 48.5 Å². The maximum atomic E-state index is 14.1. The molecule has 3 rings (SSSR count). The second-order valence-electron chi connectivity index (χ2n) is 5.05. The van der Waals surface area contributed by atoms with Crippen molar-refractivity contribution in [2.75, 3.05) is 6.61 Å². The van der Waals surface area contributed by atoms with Crippen molar-refractivity contribution in [3.63, 3.8) is 0 Å². The molecule has 0 radical (unpaired) electrons. The highest BCUT2D eigenvalue weighted by atomic mass is 19.1. The number of alkyl carbamates (subject to hydrolysis) is 1. The van der Waals surface area contributed by atoms with Gasteiger partial charge in [0.1, 0.15) is 19.0 Å². The number of alkyl halides is 1. The van der Waals surface area contributed by atoms with Gasteiger partial charge in [-0.25, -0.2) is 9.18 Å². The van der Waals surface area contributed by atoms with Crippen molar-refractivity contribution >= 4 is 6.09 Å². The van der Waals surface area contributed by atoms with E-state index in [1.165, 1.54) is 0 Å². The summed E-state index contributed by atoms with van der Waals surface area (Å²) in [5.41, 5.74) is 1.50. The molecule has 2 atom stereocenters. The molecule has 1 amide bonds. The zero-order valence-corrected chi connectivity index (χ0v) is 11.9. The molecule has 1 aliphatic rings. The predicted molar refractivity (Wildman–Crippen MR) is 79.3 cm³/mol. The highest BCUT2D eigenvalue weighted by molar-refractivity contribution is 5.68. The molecule has 2 aromatic rings. The average molecular weight is 301 g/mol. The Morgan fingerprint density at radius 2 is 1.91 bits per heavy atom. The first-order valence-electron chi connectivity index (χ1n) is 7.07. The van der Waals surface area contributed by atoms with Crippen molar-refractivity contribution < 1.29 is 18.7 Å². The van der Waals surface area contributed by atoms with Gasteiger partial charge in [0.2, 0.25) is 0 Å². The number of hydrogen-bond donors (Lipinski definition) is 1. The van der Waals surface area contributed by atoms with Crippen molar-refractivity contribution in [3.8, 4) is 5.75 Å². The van der Waals surface area contributed by atoms with Crippen LogP contribution in [0.4, 0.5) is 9.18 Å². The van der Waals surface area contributed by atoms with Gasteiger partial charge in [-0.05, 0) is 11.6 Å². The summed E-state index contributed by atoms with van der Waals surface area (Å²) in [6, 6.07) is 15.7. The first kappa shape index (κ1) is 14.4. The number of halogens is 1. The van der Waals surface area contributed by atoms with Crippen molar-refractivity contribution in [1.82, 2.24) is 5.32 Å². The van der Waals surface area contributed by atoms with Gasteiger partial charge < -0.3 is 14.8 Å². The minimum Gasteiger partial charge on any atom is -0.490 e. The topological polar surface area (TPSA) is 47.6 Å². The number of ether oxygens (including phenoxy) is 2. The molecule has 2 unspecified atom stereocenters. The molecule has 0 aromatic heterocycles. The summed E-state index contributed by atoms with van der Waals surface area (Å²) >= 11 is 0. The molecule has 22 heavy (non-hydrogen) atoms. The number of hydrogen-bond acceptors (Lipinski definition) is 3. The molecule has 1 aliphatic heterocycles. The van der Waals surface area contributed by atoms with E-state index in [4.69, 9.17) is 9.47 Å². The fraction of sp³-hybridized carbons (Fsp3) is 0.235. The Balaban J connectivity index is 1.64. The molecule has 0 saturated carbocycles. The fourth-order valence-electron chi connectivity index (χ4n) is 2.39. The maximum Gasteiger partial charge on any atom is 0.408 e. The average Bonchev–Trinajstić information content (AvgIpc) is 2.56. The first-order valence-corrected chi connectivity index (χ1v) is 7.07. The van der Waals surface area contributed by atoms with Gasteiger partial charge in [0, 0.05) is 5.56 Å². The third kappa shape index (κ3) is 3.19. The first-order chi connectivity index (χ1) is 10.7. The van der Waals surface area contributed by atoms with Crippen LogP contribution in [0.3, 0.4) is 0 Å². The number of carbonyl (C=O) groups is 1. The highest BCUT2D eigenvalue weighted by Gasteiger charge is 2.32. The van der Waals surface area contributed by atoms with E-state index >= 15 is 0 Å². The van der Waals surface area contributed by atoms with Crippen LogP contribution in [0.2, 0.25) is 0 Å². The smallest absolute Gasteiger partial charge is 0.408 e. The van der Waals surface area contributed by atoms with Gasteiger partial charge in [0.15, 0.2) is 6.17 Å². The van der Waals surface area contributed by atoms with E-state index < -0.39 is 18.3 Å². The number of carbonyl (C=O) groups excluding carboxylic acids is 1. The molecule has 0 aliphatic carbocycles. The quantitative estimate of drug-likeness (QED) is 0.945. The van der Waals surface area contributed by atoms with Gasteiger partial charge in [-0.15, -0.1) is 0 Å². The Morgan fingerprint density at radius 3 is 2.73 bits per heavy atom. The highest BCUT2D eigenvalue weighted by Crippen LogP contribution is 2.33. The Kier molecular flexibility index (Phi) is 4.23. The van der Waals surface area contributed by atoms with Crippen LogP contribution in [0, 0.1) is 0 Å². The van der Waals surface area contributed by atoms with Gasteiger partial charge in [0.05, 0.1) is 6.04 Å². The molecule has 4 nitrogen and oxygen atoms in total. The van der Waals surface area contributed by atoms with E-state index in [1.54, 1.807) is 18.2 Å². The van der Waals surface area contributed by atoms with Crippen LogP contribution >= 0.6 is 0 Å². The molecular formula is C17H16FNO3. The van der Waals surface area contributed by atoms with Gasteiger partial charge in [-0.2, -0.15) is 0 Å². The lowest BCUT2D eigenvalue weighted by molar-refractivity contribution is 0.104. The number of para-hydroxylation sites is 1. The summed E-state index contributed by atoms with van der Waals surface area (Å²) in [5.74, 6) is 0.588. The van der Waals surface area contributed by atoms with E-state index in [0.717, 1.165) is 5.56 Å². The van der Waals surface area contributed by atoms with Gasteiger partial charge >= 0.3 is 6.09 Å². The number of nitrogens with one attached hydrogen (secondary N) is 1. The van der Waals surface area contributed by atoms with Gasteiger partial charge in [-0.3, -0.25) is 0 Å². The molecule has 2 aromatic carbocycles. The van der Waals surface area contributed by atoms with Crippen LogP contribution < -0.4 is 10.1 Å². The predicted octanol–water partition coefficient (Wildman–Crippen LogP) is 3.38. The summed E-state index contributed by atoms with van der Waals surface area (Å²) in [5, 5.41) is 2.58. The van der Waals surface area contributed by atoms with Crippen molar-refractivity contribution in [2.45, 2.75) is 18.8 Å². The van der Waals surface area contributed by atoms with E-state index in [-0.39, 0.29) is 13.2 Å². The van der Waals surface area contributed by atoms with Crippen LogP contribution in [0.15, 0.2) is 54.6 Å². The summed E-state index contributed by atoms with van der Waals surface area (Å²) in [4.78, 5) is 11.9. The minimum atomic E-state index is -1.31. The molecule has 0 bridgehead atoms. The Labute approximate surface area is 127 Å². The van der Waals surface area contributed by atoms with Crippen LogP contribution in [0.1, 0.15) is 17.2 Å². The summed E-state index contributed by atoms with van der Waals surface area (Å²) in [6.07, 6.45) is -1.95. The molecule has 114 valence electrons. The molecule has 1 N–H and O–H groups in total. The van der Waals surface area contributed by atoms with Crippen LogP contribution in [0.25, 0.3) is 0 Å². The summed E-state index contributed by atoms with van der Waals surface area (Å²) in [6.45, 7) is 0.0646. The van der Waals surface area contributed by atoms with Crippen molar-refractivity contribution in [2.24, 2.45) is 0 Å². The Bertz CT molecular complexity index is 647. The molecule has 0 fully saturated rings. The normalized spacial score (nSPS) is 19.7. The van der Waals surface area contributed by atoms with Gasteiger partial charge in [0.25, 0.3) is 0 Å². The largest absolute Gasteiger partial charge is 0.490 e. The second-order valence-corrected chi connectivity index (χ2v) is 5.05. The molecule has 0 spiro atoms. The monoisotopic (exact) mass is 301 g/mol. The fourth-order valence-corrected chi connectivity index (χ4v) is 2.39. The third-order valence-corrected chi connectivity index (χ3v) is 3.50. The standard InChI is InChI=1S/C17H16FNO3/c18-14-11-21-15-9-5-4-8-13(15)16(14)19-17(20)22-10-12-6-2-1-3-7-12/h1-9,14,16H,10-11H2,(H,19,20). The zero-order valence-electron chi connectivity index (χ0n) is 11.9. The van der Waals surface area contributed by atoms with Crippen molar-refractivity contribution in [3.05, 3.63) is 65.7 Å².